The van der Waals surface area contributed by atoms with Crippen LogP contribution in [0, 0.1) is 0 Å². The molecule has 0 amide bonds. The molecule has 0 fully saturated rings. The summed E-state index contributed by atoms with van der Waals surface area (Å²) in [4.78, 5) is 23.1. The first-order valence-electron chi connectivity index (χ1n) is 3.99. The summed E-state index contributed by atoms with van der Waals surface area (Å²) in [5, 5.41) is 7.63. The Balaban J connectivity index is 3.19. The maximum absolute atomic E-state index is 11.6. The Bertz CT molecular complexity index is 611. The summed E-state index contributed by atoms with van der Waals surface area (Å²) in [5.41, 5.74) is -0.221. The third-order valence-corrected chi connectivity index (χ3v) is 2.18. The molecule has 2 aromatic rings. The molecule has 0 bridgehead atoms. The Labute approximate surface area is 78.4 Å². The molecule has 0 aliphatic carbocycles. The van der Waals surface area contributed by atoms with E-state index in [1.807, 2.05) is 0 Å². The van der Waals surface area contributed by atoms with Crippen molar-refractivity contribution in [3.05, 3.63) is 33.2 Å². The van der Waals surface area contributed by atoms with E-state index >= 15 is 0 Å². The number of hydrogen-bond donors (Lipinski definition) is 0. The van der Waals surface area contributed by atoms with Gasteiger partial charge in [0.15, 0.2) is 0 Å². The van der Waals surface area contributed by atoms with E-state index in [1.54, 1.807) is 7.05 Å². The van der Waals surface area contributed by atoms with Gasteiger partial charge in [0.1, 0.15) is 0 Å². The maximum atomic E-state index is 11.6. The first kappa shape index (κ1) is 8.61. The molecule has 2 heterocycles. The van der Waals surface area contributed by atoms with Crippen molar-refractivity contribution in [3.8, 4) is 0 Å². The molecule has 0 spiro atoms. The summed E-state index contributed by atoms with van der Waals surface area (Å²) in [7, 11) is 3.02. The van der Waals surface area contributed by atoms with Crippen molar-refractivity contribution in [2.45, 2.75) is 0 Å². The van der Waals surface area contributed by atoms with E-state index in [0.29, 0.717) is 10.9 Å². The zero-order chi connectivity index (χ0) is 10.3. The zero-order valence-electron chi connectivity index (χ0n) is 7.76. The van der Waals surface area contributed by atoms with Crippen molar-refractivity contribution in [2.24, 2.45) is 14.1 Å². The fourth-order valence-electron chi connectivity index (χ4n) is 1.34. The van der Waals surface area contributed by atoms with E-state index in [2.05, 4.69) is 10.2 Å². The van der Waals surface area contributed by atoms with Crippen LogP contribution in [0.1, 0.15) is 0 Å². The smallest absolute Gasteiger partial charge is 0.295 e. The Morgan fingerprint density at radius 1 is 1.07 bits per heavy atom. The predicted octanol–water partition coefficient (Wildman–Crippen LogP) is -0.973. The van der Waals surface area contributed by atoms with Crippen molar-refractivity contribution in [3.63, 3.8) is 0 Å². The van der Waals surface area contributed by atoms with Gasteiger partial charge in [-0.15, -0.1) is 0 Å². The average Bonchev–Trinajstić information content (AvgIpc) is 2.23. The first-order chi connectivity index (χ1) is 6.63. The molecular weight excluding hydrogens is 184 g/mol. The lowest BCUT2D eigenvalue weighted by Gasteiger charge is -2.04. The minimum Gasteiger partial charge on any atom is -0.295 e. The summed E-state index contributed by atoms with van der Waals surface area (Å²) in [6, 6.07) is 0. The Hall–Kier alpha value is -1.98. The second-order valence-corrected chi connectivity index (χ2v) is 2.99. The van der Waals surface area contributed by atoms with Crippen molar-refractivity contribution in [1.82, 2.24) is 19.3 Å². The number of aryl methyl sites for hydroxylation is 1. The van der Waals surface area contributed by atoms with Gasteiger partial charge in [-0.3, -0.25) is 13.9 Å². The van der Waals surface area contributed by atoms with Gasteiger partial charge in [-0.25, -0.2) is 4.79 Å². The monoisotopic (exact) mass is 192 g/mol. The molecule has 0 atom stereocenters. The maximum Gasteiger partial charge on any atom is 0.330 e. The Morgan fingerprint density at radius 2 is 1.71 bits per heavy atom. The minimum absolute atomic E-state index is 0.349. The molecule has 72 valence electrons. The second kappa shape index (κ2) is 2.76. The molecule has 2 aromatic heterocycles. The van der Waals surface area contributed by atoms with Crippen LogP contribution in [-0.2, 0) is 14.1 Å². The summed E-state index contributed by atoms with van der Waals surface area (Å²) < 4.78 is 2.41. The Kier molecular flexibility index (Phi) is 1.70. The van der Waals surface area contributed by atoms with Gasteiger partial charge >= 0.3 is 5.69 Å². The van der Waals surface area contributed by atoms with Crippen molar-refractivity contribution in [2.75, 3.05) is 0 Å². The van der Waals surface area contributed by atoms with Crippen LogP contribution >= 0.6 is 0 Å². The first-order valence-corrected chi connectivity index (χ1v) is 3.99. The average molecular weight is 192 g/mol. The molecule has 0 aliphatic rings. The number of hydrogen-bond acceptors (Lipinski definition) is 4. The summed E-state index contributed by atoms with van der Waals surface area (Å²) in [6.07, 6.45) is 2.76. The highest BCUT2D eigenvalue weighted by molar-refractivity contribution is 5.75. The largest absolute Gasteiger partial charge is 0.330 e. The van der Waals surface area contributed by atoms with Crippen LogP contribution in [0.2, 0.25) is 0 Å². The summed E-state index contributed by atoms with van der Waals surface area (Å²) in [6.45, 7) is 0. The van der Waals surface area contributed by atoms with Gasteiger partial charge in [0.25, 0.3) is 5.56 Å². The molecule has 0 unspecified atom stereocenters. The van der Waals surface area contributed by atoms with Gasteiger partial charge in [0.05, 0.1) is 23.3 Å². The highest BCUT2D eigenvalue weighted by atomic mass is 16.2. The van der Waals surface area contributed by atoms with Gasteiger partial charge in [-0.2, -0.15) is 10.2 Å². The summed E-state index contributed by atoms with van der Waals surface area (Å²) >= 11 is 0. The number of aromatic nitrogens is 4. The van der Waals surface area contributed by atoms with Crippen LogP contribution < -0.4 is 11.2 Å². The van der Waals surface area contributed by atoms with Crippen molar-refractivity contribution in [1.29, 1.82) is 0 Å². The summed E-state index contributed by atoms with van der Waals surface area (Å²) in [5.74, 6) is 0. The van der Waals surface area contributed by atoms with Crippen molar-refractivity contribution >= 4 is 10.9 Å². The topological polar surface area (TPSA) is 69.8 Å². The van der Waals surface area contributed by atoms with Gasteiger partial charge in [0, 0.05) is 14.1 Å². The molecule has 0 radical (unpaired) electrons. The number of rotatable bonds is 0. The van der Waals surface area contributed by atoms with E-state index in [4.69, 9.17) is 0 Å². The molecule has 14 heavy (non-hydrogen) atoms. The second-order valence-electron chi connectivity index (χ2n) is 2.99. The highest BCUT2D eigenvalue weighted by Crippen LogP contribution is 2.00. The van der Waals surface area contributed by atoms with Crippen LogP contribution in [0.15, 0.2) is 22.0 Å². The molecular formula is C8H8N4O2. The van der Waals surface area contributed by atoms with E-state index < -0.39 is 0 Å². The fourth-order valence-corrected chi connectivity index (χ4v) is 1.34. The van der Waals surface area contributed by atoms with Crippen LogP contribution in [0.3, 0.4) is 0 Å². The van der Waals surface area contributed by atoms with Crippen LogP contribution in [0.5, 0.6) is 0 Å². The van der Waals surface area contributed by atoms with Gasteiger partial charge in [-0.1, -0.05) is 0 Å². The lowest BCUT2D eigenvalue weighted by atomic mass is 10.3. The van der Waals surface area contributed by atoms with Crippen LogP contribution in [-0.4, -0.2) is 19.3 Å². The molecule has 0 aliphatic heterocycles. The molecule has 0 saturated heterocycles. The molecule has 6 nitrogen and oxygen atoms in total. The van der Waals surface area contributed by atoms with Gasteiger partial charge < -0.3 is 0 Å². The van der Waals surface area contributed by atoms with Crippen LogP contribution in [0.25, 0.3) is 10.9 Å². The third kappa shape index (κ3) is 0.968. The fraction of sp³-hybridized carbons (Fsp3) is 0.250. The molecule has 6 heteroatoms. The molecule has 0 aromatic carbocycles. The number of fused-ring (bicyclic) bond motifs is 1. The standard InChI is InChI=1S/C8H8N4O2/c1-11-6-4-10-9-3-5(6)7(13)12(2)8(11)14/h3-4H,1-2H3. The lowest BCUT2D eigenvalue weighted by Crippen LogP contribution is -2.37. The normalized spacial score (nSPS) is 10.7. The quantitative estimate of drug-likeness (QED) is 0.538. The third-order valence-electron chi connectivity index (χ3n) is 2.18. The Morgan fingerprint density at radius 3 is 2.43 bits per heavy atom. The van der Waals surface area contributed by atoms with E-state index in [0.717, 1.165) is 4.57 Å². The molecule has 2 rings (SSSR count). The number of nitrogens with zero attached hydrogens (tertiary/aromatic N) is 4. The van der Waals surface area contributed by atoms with Gasteiger partial charge in [-0.05, 0) is 0 Å². The lowest BCUT2D eigenvalue weighted by molar-refractivity contribution is 0.710. The minimum atomic E-state index is -0.365. The van der Waals surface area contributed by atoms with Gasteiger partial charge in [0.2, 0.25) is 0 Å². The molecule has 0 N–H and O–H groups in total. The van der Waals surface area contributed by atoms with E-state index in [1.165, 1.54) is 24.0 Å². The van der Waals surface area contributed by atoms with E-state index in [-0.39, 0.29) is 11.2 Å². The van der Waals surface area contributed by atoms with E-state index in [9.17, 15) is 9.59 Å². The SMILES string of the molecule is Cn1c(=O)c2cnncc2n(C)c1=O. The zero-order valence-corrected chi connectivity index (χ0v) is 7.76. The van der Waals surface area contributed by atoms with Crippen LogP contribution in [0.4, 0.5) is 0 Å². The highest BCUT2D eigenvalue weighted by Gasteiger charge is 2.07. The van der Waals surface area contributed by atoms with Crippen molar-refractivity contribution < 1.29 is 0 Å². The molecule has 0 saturated carbocycles. The predicted molar refractivity (Wildman–Crippen MR) is 50.0 cm³/mol.